The molecule has 0 amide bonds. The summed E-state index contributed by atoms with van der Waals surface area (Å²) in [6.07, 6.45) is 7.83. The highest BCUT2D eigenvalue weighted by molar-refractivity contribution is 5.69. The molecule has 47 heavy (non-hydrogen) atoms. The van der Waals surface area contributed by atoms with Crippen molar-refractivity contribution in [1.82, 2.24) is 26.6 Å². The monoisotopic (exact) mass is 665 g/mol. The van der Waals surface area contributed by atoms with Gasteiger partial charge in [0.25, 0.3) is 0 Å². The molecular weight excluding hydrogens is 592 g/mol. The predicted octanol–water partition coefficient (Wildman–Crippen LogP) is 2.23. The number of esters is 1. The van der Waals surface area contributed by atoms with Gasteiger partial charge in [-0.3, -0.25) is 4.79 Å². The number of fused-ring (bicyclic) bond motifs is 5. The van der Waals surface area contributed by atoms with E-state index in [0.717, 1.165) is 97.4 Å². The van der Waals surface area contributed by atoms with Crippen molar-refractivity contribution >= 4 is 5.97 Å². The first-order valence-corrected chi connectivity index (χ1v) is 19.3. The number of aliphatic hydroxyl groups excluding tert-OH is 2. The van der Waals surface area contributed by atoms with E-state index < -0.39 is 0 Å². The molecule has 4 saturated carbocycles. The summed E-state index contributed by atoms with van der Waals surface area (Å²) >= 11 is 0. The third-order valence-corrected chi connectivity index (χ3v) is 13.2. The van der Waals surface area contributed by atoms with Crippen LogP contribution < -0.4 is 32.3 Å². The lowest BCUT2D eigenvalue weighted by atomic mass is 9.43. The molecule has 0 spiro atoms. The number of nitrogens with two attached hydrogens (primary N) is 1. The molecule has 4 rings (SSSR count). The molecule has 5 unspecified atom stereocenters. The zero-order valence-electron chi connectivity index (χ0n) is 30.5. The van der Waals surface area contributed by atoms with Gasteiger partial charge in [0.05, 0.1) is 18.3 Å². The molecule has 0 heterocycles. The van der Waals surface area contributed by atoms with Gasteiger partial charge < -0.3 is 47.3 Å². The highest BCUT2D eigenvalue weighted by Crippen LogP contribution is 2.68. The quantitative estimate of drug-likeness (QED) is 0.0719. The van der Waals surface area contributed by atoms with Crippen LogP contribution in [0, 0.1) is 46.3 Å². The van der Waals surface area contributed by atoms with Crippen LogP contribution in [0.3, 0.4) is 0 Å². The minimum absolute atomic E-state index is 0.0828. The average Bonchev–Trinajstić information content (AvgIpc) is 3.39. The van der Waals surface area contributed by atoms with Crippen molar-refractivity contribution in [2.24, 2.45) is 52.1 Å². The number of hydrogen-bond acceptors (Lipinski definition) is 10. The Morgan fingerprint density at radius 1 is 0.830 bits per heavy atom. The number of rotatable bonds is 20. The van der Waals surface area contributed by atoms with Crippen LogP contribution in [0.15, 0.2) is 0 Å². The third-order valence-electron chi connectivity index (χ3n) is 13.2. The molecule has 0 radical (unpaired) electrons. The molecule has 0 saturated heterocycles. The van der Waals surface area contributed by atoms with Gasteiger partial charge in [0.2, 0.25) is 0 Å². The van der Waals surface area contributed by atoms with E-state index in [2.05, 4.69) is 47.4 Å². The van der Waals surface area contributed by atoms with E-state index in [1.807, 2.05) is 13.8 Å². The first kappa shape index (κ1) is 38.9. The average molecular weight is 665 g/mol. The molecule has 0 aromatic rings. The van der Waals surface area contributed by atoms with E-state index in [1.165, 1.54) is 12.8 Å². The van der Waals surface area contributed by atoms with Gasteiger partial charge in [-0.05, 0) is 112 Å². The second-order valence-corrected chi connectivity index (χ2v) is 16.4. The minimum atomic E-state index is -0.356. The van der Waals surface area contributed by atoms with Crippen LogP contribution in [0.2, 0.25) is 0 Å². The van der Waals surface area contributed by atoms with Gasteiger partial charge in [-0.2, -0.15) is 0 Å². The van der Waals surface area contributed by atoms with Gasteiger partial charge in [0.1, 0.15) is 0 Å². The van der Waals surface area contributed by atoms with E-state index in [-0.39, 0.29) is 41.0 Å². The number of carbonyl (C=O) groups excluding carboxylic acids is 1. The van der Waals surface area contributed by atoms with E-state index in [1.54, 1.807) is 0 Å². The Hall–Kier alpha value is -0.850. The standard InChI is InChI=1S/C37H72N6O4/c1-25(2)47-34(46)9-6-26(3)29-7-8-30-35-31(24-33(45)37(29,30)5)36(4)11-10-28(22-27(36)23-32(35)44)43-21-20-42-19-18-41-17-16-40-15-14-39-13-12-38/h25-33,35,39-45H,6-24,38H2,1-5H3/t26-,27?,28+,29?,30?,31?,32-,33+,35?,36+,37-/m1/s1. The first-order valence-electron chi connectivity index (χ1n) is 19.3. The maximum absolute atomic E-state index is 12.3. The molecule has 0 aromatic carbocycles. The Bertz CT molecular complexity index is 943. The van der Waals surface area contributed by atoms with E-state index in [0.29, 0.717) is 48.6 Å². The van der Waals surface area contributed by atoms with E-state index in [4.69, 9.17) is 10.5 Å². The second kappa shape index (κ2) is 18.4. The minimum Gasteiger partial charge on any atom is -0.463 e. The van der Waals surface area contributed by atoms with Crippen molar-refractivity contribution in [3.05, 3.63) is 0 Å². The number of ether oxygens (including phenoxy) is 1. The van der Waals surface area contributed by atoms with Crippen molar-refractivity contribution < 1.29 is 19.7 Å². The summed E-state index contributed by atoms with van der Waals surface area (Å²) < 4.78 is 5.40. The molecular formula is C37H72N6O4. The van der Waals surface area contributed by atoms with Gasteiger partial charge >= 0.3 is 5.97 Å². The lowest BCUT2D eigenvalue weighted by molar-refractivity contribution is -0.202. The molecule has 274 valence electrons. The first-order chi connectivity index (χ1) is 22.5. The molecule has 4 aliphatic rings. The highest BCUT2D eigenvalue weighted by Gasteiger charge is 2.65. The maximum atomic E-state index is 12.3. The van der Waals surface area contributed by atoms with Crippen molar-refractivity contribution in [3.8, 4) is 0 Å². The Balaban J connectivity index is 1.19. The number of nitrogens with one attached hydrogen (secondary N) is 5. The fourth-order valence-corrected chi connectivity index (χ4v) is 10.7. The molecule has 0 aliphatic heterocycles. The van der Waals surface area contributed by atoms with Crippen LogP contribution >= 0.6 is 0 Å². The molecule has 10 heteroatoms. The largest absolute Gasteiger partial charge is 0.463 e. The topological polar surface area (TPSA) is 153 Å². The second-order valence-electron chi connectivity index (χ2n) is 16.4. The number of aliphatic hydroxyl groups is 2. The van der Waals surface area contributed by atoms with Crippen LogP contribution in [0.1, 0.15) is 92.4 Å². The summed E-state index contributed by atoms with van der Waals surface area (Å²) in [6, 6.07) is 0.500. The van der Waals surface area contributed by atoms with E-state index >= 15 is 0 Å². The molecule has 4 fully saturated rings. The van der Waals surface area contributed by atoms with Crippen LogP contribution in [0.4, 0.5) is 0 Å². The van der Waals surface area contributed by atoms with Crippen LogP contribution in [-0.4, -0.2) is 106 Å². The van der Waals surface area contributed by atoms with Crippen LogP contribution in [0.25, 0.3) is 0 Å². The molecule has 11 atom stereocenters. The zero-order valence-corrected chi connectivity index (χ0v) is 30.5. The molecule has 9 N–H and O–H groups in total. The maximum Gasteiger partial charge on any atom is 0.306 e. The highest BCUT2D eigenvalue weighted by atomic mass is 16.5. The number of carbonyl (C=O) groups is 1. The van der Waals surface area contributed by atoms with Crippen molar-refractivity contribution in [3.63, 3.8) is 0 Å². The third kappa shape index (κ3) is 9.69. The zero-order chi connectivity index (χ0) is 34.0. The molecule has 0 aromatic heterocycles. The van der Waals surface area contributed by atoms with Gasteiger partial charge in [-0.15, -0.1) is 0 Å². The Labute approximate surface area is 286 Å². The van der Waals surface area contributed by atoms with Crippen LogP contribution in [0.5, 0.6) is 0 Å². The van der Waals surface area contributed by atoms with Gasteiger partial charge in [-0.25, -0.2) is 0 Å². The van der Waals surface area contributed by atoms with Crippen molar-refractivity contribution in [1.29, 1.82) is 0 Å². The predicted molar refractivity (Wildman–Crippen MR) is 190 cm³/mol. The number of hydrogen-bond donors (Lipinski definition) is 8. The fraction of sp³-hybridized carbons (Fsp3) is 0.973. The molecule has 0 bridgehead atoms. The SMILES string of the molecule is CC(C)OC(=O)CC[C@@H](C)C1CCC2C3C(C[C@H](O)[C@@]21C)[C@@]1(C)CC[C@H](NCCNCCNCCNCCNCCN)CC1C[C@H]3O. The Morgan fingerprint density at radius 2 is 1.45 bits per heavy atom. The van der Waals surface area contributed by atoms with Gasteiger partial charge in [0.15, 0.2) is 0 Å². The van der Waals surface area contributed by atoms with Crippen molar-refractivity contribution in [2.45, 2.75) is 117 Å². The summed E-state index contributed by atoms with van der Waals surface area (Å²) in [4.78, 5) is 12.3. The van der Waals surface area contributed by atoms with Gasteiger partial charge in [-0.1, -0.05) is 20.8 Å². The summed E-state index contributed by atoms with van der Waals surface area (Å²) in [5.41, 5.74) is 5.45. The Kier molecular flexibility index (Phi) is 15.3. The fourth-order valence-electron chi connectivity index (χ4n) is 10.7. The Morgan fingerprint density at radius 3 is 2.06 bits per heavy atom. The molecule has 4 aliphatic carbocycles. The van der Waals surface area contributed by atoms with E-state index in [9.17, 15) is 15.0 Å². The lowest BCUT2D eigenvalue weighted by Gasteiger charge is -2.63. The summed E-state index contributed by atoms with van der Waals surface area (Å²) in [6.45, 7) is 20.2. The summed E-state index contributed by atoms with van der Waals surface area (Å²) in [5.74, 6) is 2.07. The summed E-state index contributed by atoms with van der Waals surface area (Å²) in [7, 11) is 0. The van der Waals surface area contributed by atoms with Crippen LogP contribution in [-0.2, 0) is 9.53 Å². The van der Waals surface area contributed by atoms with Crippen molar-refractivity contribution in [2.75, 3.05) is 65.4 Å². The lowest BCUT2D eigenvalue weighted by Crippen LogP contribution is -2.62. The van der Waals surface area contributed by atoms with Gasteiger partial charge in [0, 0.05) is 77.9 Å². The molecule has 10 nitrogen and oxygen atoms in total. The normalized spacial score (nSPS) is 37.3. The smallest absolute Gasteiger partial charge is 0.306 e. The summed E-state index contributed by atoms with van der Waals surface area (Å²) in [5, 5.41) is 41.3.